The molecule has 0 radical (unpaired) electrons. The summed E-state index contributed by atoms with van der Waals surface area (Å²) in [7, 11) is 0. The van der Waals surface area contributed by atoms with E-state index in [0.717, 1.165) is 20.3 Å². The van der Waals surface area contributed by atoms with Gasteiger partial charge in [0, 0.05) is 14.8 Å². The molecule has 0 spiro atoms. The standard InChI is InChI=1S/C19H13IN4O/c20-14-8-6-13(7-9-14)19(25)21-15-10-11-17-18(12-15)23-24(22-17)16-4-2-1-3-5-16/h1-12H,(H,21,25). The van der Waals surface area contributed by atoms with Gasteiger partial charge in [-0.25, -0.2) is 0 Å². The number of carbonyl (C=O) groups excluding carboxylic acids is 1. The Bertz CT molecular complexity index is 1040. The van der Waals surface area contributed by atoms with Gasteiger partial charge >= 0.3 is 0 Å². The van der Waals surface area contributed by atoms with Gasteiger partial charge in [0.05, 0.1) is 5.69 Å². The van der Waals surface area contributed by atoms with Crippen LogP contribution in [0.4, 0.5) is 5.69 Å². The number of carbonyl (C=O) groups is 1. The number of para-hydroxylation sites is 1. The predicted octanol–water partition coefficient (Wildman–Crippen LogP) is 4.28. The number of aromatic nitrogens is 3. The first-order valence-corrected chi connectivity index (χ1v) is 8.76. The van der Waals surface area contributed by atoms with Gasteiger partial charge in [0.15, 0.2) is 0 Å². The summed E-state index contributed by atoms with van der Waals surface area (Å²) in [6, 6.07) is 22.7. The van der Waals surface area contributed by atoms with E-state index in [4.69, 9.17) is 0 Å². The van der Waals surface area contributed by atoms with Crippen LogP contribution in [-0.2, 0) is 0 Å². The maximum absolute atomic E-state index is 12.3. The Morgan fingerprint density at radius 1 is 0.880 bits per heavy atom. The van der Waals surface area contributed by atoms with Gasteiger partial charge in [-0.2, -0.15) is 4.80 Å². The van der Waals surface area contributed by atoms with Gasteiger partial charge in [-0.3, -0.25) is 4.79 Å². The Kier molecular flexibility index (Phi) is 4.19. The van der Waals surface area contributed by atoms with Crippen LogP contribution in [0.5, 0.6) is 0 Å². The van der Waals surface area contributed by atoms with Crippen molar-refractivity contribution in [2.75, 3.05) is 5.32 Å². The van der Waals surface area contributed by atoms with Gasteiger partial charge < -0.3 is 5.32 Å². The molecule has 3 aromatic carbocycles. The lowest BCUT2D eigenvalue weighted by atomic mass is 10.2. The molecule has 5 nitrogen and oxygen atoms in total. The molecular weight excluding hydrogens is 427 g/mol. The summed E-state index contributed by atoms with van der Waals surface area (Å²) in [5, 5.41) is 11.9. The van der Waals surface area contributed by atoms with E-state index in [1.165, 1.54) is 0 Å². The van der Waals surface area contributed by atoms with Crippen LogP contribution in [0.3, 0.4) is 0 Å². The molecule has 0 aliphatic carbocycles. The normalized spacial score (nSPS) is 10.8. The van der Waals surface area contributed by atoms with E-state index in [-0.39, 0.29) is 5.91 Å². The van der Waals surface area contributed by atoms with Crippen LogP contribution in [0, 0.1) is 3.57 Å². The van der Waals surface area contributed by atoms with Crippen molar-refractivity contribution in [1.29, 1.82) is 0 Å². The summed E-state index contributed by atoms with van der Waals surface area (Å²) < 4.78 is 1.09. The number of hydrogen-bond donors (Lipinski definition) is 1. The quantitative estimate of drug-likeness (QED) is 0.484. The number of halogens is 1. The number of rotatable bonds is 3. The van der Waals surface area contributed by atoms with Crippen molar-refractivity contribution in [3.8, 4) is 5.69 Å². The van der Waals surface area contributed by atoms with Gasteiger partial charge in [0.1, 0.15) is 11.0 Å². The van der Waals surface area contributed by atoms with Crippen LogP contribution in [-0.4, -0.2) is 20.9 Å². The number of nitrogens with zero attached hydrogens (tertiary/aromatic N) is 3. The maximum Gasteiger partial charge on any atom is 0.255 e. The lowest BCUT2D eigenvalue weighted by Gasteiger charge is -2.05. The molecule has 1 aromatic heterocycles. The third kappa shape index (κ3) is 3.39. The average molecular weight is 440 g/mol. The van der Waals surface area contributed by atoms with Crippen LogP contribution in [0.25, 0.3) is 16.7 Å². The summed E-state index contributed by atoms with van der Waals surface area (Å²) in [5.41, 5.74) is 3.70. The second-order valence-corrected chi connectivity index (χ2v) is 6.74. The topological polar surface area (TPSA) is 59.8 Å². The lowest BCUT2D eigenvalue weighted by Crippen LogP contribution is -2.11. The highest BCUT2D eigenvalue weighted by molar-refractivity contribution is 14.1. The molecule has 25 heavy (non-hydrogen) atoms. The molecule has 0 bridgehead atoms. The number of anilines is 1. The first kappa shape index (κ1) is 15.8. The lowest BCUT2D eigenvalue weighted by molar-refractivity contribution is 0.102. The van der Waals surface area contributed by atoms with Crippen molar-refractivity contribution in [3.05, 3.63) is 81.9 Å². The summed E-state index contributed by atoms with van der Waals surface area (Å²) in [5.74, 6) is -0.147. The molecule has 4 rings (SSSR count). The van der Waals surface area contributed by atoms with E-state index in [2.05, 4.69) is 38.1 Å². The average Bonchev–Trinajstić information content (AvgIpc) is 3.06. The SMILES string of the molecule is O=C(Nc1ccc2nn(-c3ccccc3)nc2c1)c1ccc(I)cc1. The molecule has 0 saturated carbocycles. The smallest absolute Gasteiger partial charge is 0.255 e. The first-order valence-electron chi connectivity index (χ1n) is 7.68. The van der Waals surface area contributed by atoms with Crippen LogP contribution in [0.15, 0.2) is 72.8 Å². The van der Waals surface area contributed by atoms with E-state index < -0.39 is 0 Å². The summed E-state index contributed by atoms with van der Waals surface area (Å²) in [6.45, 7) is 0. The Balaban J connectivity index is 1.61. The Labute approximate surface area is 157 Å². The highest BCUT2D eigenvalue weighted by atomic mass is 127. The first-order chi connectivity index (χ1) is 12.2. The summed E-state index contributed by atoms with van der Waals surface area (Å²) in [4.78, 5) is 13.9. The second-order valence-electron chi connectivity index (χ2n) is 5.49. The molecule has 0 aliphatic heterocycles. The van der Waals surface area contributed by atoms with Gasteiger partial charge in [-0.15, -0.1) is 10.2 Å². The van der Waals surface area contributed by atoms with Crippen LogP contribution >= 0.6 is 22.6 Å². The number of benzene rings is 3. The van der Waals surface area contributed by atoms with Crippen molar-refractivity contribution >= 4 is 45.2 Å². The highest BCUT2D eigenvalue weighted by Crippen LogP contribution is 2.18. The molecule has 0 unspecified atom stereocenters. The van der Waals surface area contributed by atoms with Crippen molar-refractivity contribution in [2.24, 2.45) is 0 Å². The van der Waals surface area contributed by atoms with Crippen molar-refractivity contribution < 1.29 is 4.79 Å². The minimum Gasteiger partial charge on any atom is -0.322 e. The number of hydrogen-bond acceptors (Lipinski definition) is 3. The fourth-order valence-corrected chi connectivity index (χ4v) is 2.83. The zero-order valence-electron chi connectivity index (χ0n) is 13.1. The number of amides is 1. The zero-order chi connectivity index (χ0) is 17.2. The van der Waals surface area contributed by atoms with E-state index in [1.54, 1.807) is 16.9 Å². The largest absolute Gasteiger partial charge is 0.322 e. The van der Waals surface area contributed by atoms with Crippen LogP contribution in [0.2, 0.25) is 0 Å². The van der Waals surface area contributed by atoms with E-state index >= 15 is 0 Å². The molecule has 0 aliphatic rings. The fraction of sp³-hybridized carbons (Fsp3) is 0. The van der Waals surface area contributed by atoms with E-state index in [0.29, 0.717) is 11.3 Å². The zero-order valence-corrected chi connectivity index (χ0v) is 15.2. The number of fused-ring (bicyclic) bond motifs is 1. The molecule has 122 valence electrons. The molecule has 1 amide bonds. The molecule has 0 saturated heterocycles. The second kappa shape index (κ2) is 6.64. The van der Waals surface area contributed by atoms with Gasteiger partial charge in [0.25, 0.3) is 5.91 Å². The van der Waals surface area contributed by atoms with Gasteiger partial charge in [0.2, 0.25) is 0 Å². The van der Waals surface area contributed by atoms with Crippen molar-refractivity contribution in [2.45, 2.75) is 0 Å². The van der Waals surface area contributed by atoms with Crippen LogP contribution < -0.4 is 5.32 Å². The molecular formula is C19H13IN4O. The minimum absolute atomic E-state index is 0.147. The van der Waals surface area contributed by atoms with E-state index in [9.17, 15) is 4.79 Å². The van der Waals surface area contributed by atoms with Crippen molar-refractivity contribution in [3.63, 3.8) is 0 Å². The Hall–Kier alpha value is -2.74. The molecule has 6 heteroatoms. The highest BCUT2D eigenvalue weighted by Gasteiger charge is 2.09. The summed E-state index contributed by atoms with van der Waals surface area (Å²) >= 11 is 2.21. The Morgan fingerprint density at radius 2 is 1.60 bits per heavy atom. The van der Waals surface area contributed by atoms with Crippen LogP contribution in [0.1, 0.15) is 10.4 Å². The third-order valence-corrected chi connectivity index (χ3v) is 4.45. The maximum atomic E-state index is 12.3. The van der Waals surface area contributed by atoms with E-state index in [1.807, 2.05) is 60.7 Å². The third-order valence-electron chi connectivity index (χ3n) is 3.73. The van der Waals surface area contributed by atoms with Gasteiger partial charge in [-0.05, 0) is 77.2 Å². The monoisotopic (exact) mass is 440 g/mol. The van der Waals surface area contributed by atoms with Gasteiger partial charge in [-0.1, -0.05) is 18.2 Å². The fourth-order valence-electron chi connectivity index (χ4n) is 2.47. The molecule has 4 aromatic rings. The minimum atomic E-state index is -0.147. The predicted molar refractivity (Wildman–Crippen MR) is 106 cm³/mol. The van der Waals surface area contributed by atoms with Crippen molar-refractivity contribution in [1.82, 2.24) is 15.0 Å². The molecule has 1 N–H and O–H groups in total. The molecule has 0 fully saturated rings. The Morgan fingerprint density at radius 3 is 2.36 bits per heavy atom. The number of nitrogens with one attached hydrogen (secondary N) is 1. The molecule has 1 heterocycles. The summed E-state index contributed by atoms with van der Waals surface area (Å²) in [6.07, 6.45) is 0. The molecule has 0 atom stereocenters.